The quantitative estimate of drug-likeness (QED) is 0.897. The van der Waals surface area contributed by atoms with Crippen molar-refractivity contribution in [2.24, 2.45) is 5.73 Å². The fourth-order valence-corrected chi connectivity index (χ4v) is 3.67. The van der Waals surface area contributed by atoms with Crippen molar-refractivity contribution in [2.75, 3.05) is 18.1 Å². The van der Waals surface area contributed by atoms with Gasteiger partial charge < -0.3 is 10.5 Å². The van der Waals surface area contributed by atoms with E-state index in [0.29, 0.717) is 0 Å². The number of aromatic nitrogens is 1. The van der Waals surface area contributed by atoms with Crippen molar-refractivity contribution in [1.82, 2.24) is 4.98 Å². The van der Waals surface area contributed by atoms with E-state index >= 15 is 0 Å². The fourth-order valence-electron chi connectivity index (χ4n) is 1.71. The van der Waals surface area contributed by atoms with Gasteiger partial charge in [0.25, 0.3) is 0 Å². The molecule has 1 aromatic rings. The summed E-state index contributed by atoms with van der Waals surface area (Å²) in [5.74, 6) is 2.11. The van der Waals surface area contributed by atoms with E-state index in [1.807, 2.05) is 18.7 Å². The Labute approximate surface area is 105 Å². The summed E-state index contributed by atoms with van der Waals surface area (Å²) in [5.41, 5.74) is 7.30. The van der Waals surface area contributed by atoms with Crippen LogP contribution in [-0.2, 0) is 11.2 Å². The molecule has 90 valence electrons. The third-order valence-corrected chi connectivity index (χ3v) is 4.92. The van der Waals surface area contributed by atoms with Gasteiger partial charge in [-0.3, -0.25) is 0 Å². The topological polar surface area (TPSA) is 48.1 Å². The Balaban J connectivity index is 1.93. The van der Waals surface area contributed by atoms with Crippen LogP contribution >= 0.6 is 23.1 Å². The normalized spacial score (nSPS) is 23.3. The maximum absolute atomic E-state index is 6.17. The molecule has 0 aromatic carbocycles. The third-order valence-electron chi connectivity index (χ3n) is 2.80. The lowest BCUT2D eigenvalue weighted by molar-refractivity contribution is 0.0571. The monoisotopic (exact) mass is 258 g/mol. The van der Waals surface area contributed by atoms with Crippen LogP contribution < -0.4 is 5.73 Å². The molecule has 2 unspecified atom stereocenters. The second-order valence-electron chi connectivity index (χ2n) is 4.10. The molecule has 0 amide bonds. The lowest BCUT2D eigenvalue weighted by Crippen LogP contribution is -2.42. The Hall–Kier alpha value is -0.100. The Bertz CT molecular complexity index is 328. The average Bonchev–Trinajstić information content (AvgIpc) is 2.59. The molecule has 0 saturated carbocycles. The van der Waals surface area contributed by atoms with Gasteiger partial charge in [0, 0.05) is 28.8 Å². The maximum Gasteiger partial charge on any atom is 0.0947 e. The number of nitrogens with zero attached hydrogens (tertiary/aromatic N) is 1. The first-order chi connectivity index (χ1) is 7.66. The van der Waals surface area contributed by atoms with Crippen molar-refractivity contribution < 1.29 is 4.74 Å². The van der Waals surface area contributed by atoms with Gasteiger partial charge in [0.15, 0.2) is 0 Å². The van der Waals surface area contributed by atoms with Crippen molar-refractivity contribution in [3.63, 3.8) is 0 Å². The second-order valence-corrected chi connectivity index (χ2v) is 6.54. The number of hydrogen-bond acceptors (Lipinski definition) is 5. The van der Waals surface area contributed by atoms with Crippen LogP contribution in [0.3, 0.4) is 0 Å². The van der Waals surface area contributed by atoms with Gasteiger partial charge in [-0.25, -0.2) is 4.98 Å². The van der Waals surface area contributed by atoms with Gasteiger partial charge in [-0.05, 0) is 13.8 Å². The first-order valence-electron chi connectivity index (χ1n) is 5.54. The largest absolute Gasteiger partial charge is 0.375 e. The Morgan fingerprint density at radius 3 is 2.94 bits per heavy atom. The molecule has 2 atom stereocenters. The molecule has 1 aromatic heterocycles. The second kappa shape index (κ2) is 5.49. The van der Waals surface area contributed by atoms with Gasteiger partial charge >= 0.3 is 0 Å². The molecule has 0 aliphatic carbocycles. The minimum Gasteiger partial charge on any atom is -0.375 e. The standard InChI is InChI=1S/C11H18N2OS2/c1-7-8(2)16-11(13-7)5-9(12)10-6-15-4-3-14-10/h9-10H,3-6,12H2,1-2H3. The minimum absolute atomic E-state index is 0.0812. The Morgan fingerprint density at radius 2 is 2.38 bits per heavy atom. The molecule has 1 aliphatic heterocycles. The molecular formula is C11H18N2OS2. The molecule has 1 saturated heterocycles. The lowest BCUT2D eigenvalue weighted by atomic mass is 10.1. The molecule has 3 nitrogen and oxygen atoms in total. The summed E-state index contributed by atoms with van der Waals surface area (Å²) < 4.78 is 5.68. The van der Waals surface area contributed by atoms with Gasteiger partial charge in [0.1, 0.15) is 0 Å². The van der Waals surface area contributed by atoms with Crippen LogP contribution in [0.2, 0.25) is 0 Å². The van der Waals surface area contributed by atoms with Crippen LogP contribution in [-0.4, -0.2) is 35.2 Å². The predicted molar refractivity (Wildman–Crippen MR) is 70.3 cm³/mol. The number of nitrogens with two attached hydrogens (primary N) is 1. The predicted octanol–water partition coefficient (Wildman–Crippen LogP) is 1.76. The highest BCUT2D eigenvalue weighted by Crippen LogP contribution is 2.21. The van der Waals surface area contributed by atoms with E-state index in [1.165, 1.54) is 4.88 Å². The van der Waals surface area contributed by atoms with Crippen LogP contribution in [0.25, 0.3) is 0 Å². The van der Waals surface area contributed by atoms with Crippen molar-refractivity contribution >= 4 is 23.1 Å². The summed E-state index contributed by atoms with van der Waals surface area (Å²) in [5, 5.41) is 1.14. The summed E-state index contributed by atoms with van der Waals surface area (Å²) in [6, 6.07) is 0.0812. The number of aryl methyl sites for hydroxylation is 2. The zero-order valence-corrected chi connectivity index (χ0v) is 11.4. The molecule has 5 heteroatoms. The Kier molecular flexibility index (Phi) is 4.24. The molecular weight excluding hydrogens is 240 g/mol. The van der Waals surface area contributed by atoms with Crippen LogP contribution in [0.1, 0.15) is 15.6 Å². The number of hydrogen-bond donors (Lipinski definition) is 1. The van der Waals surface area contributed by atoms with Gasteiger partial charge in [-0.15, -0.1) is 11.3 Å². The van der Waals surface area contributed by atoms with E-state index in [0.717, 1.165) is 35.2 Å². The molecule has 1 aliphatic rings. The lowest BCUT2D eigenvalue weighted by Gasteiger charge is -2.27. The zero-order valence-electron chi connectivity index (χ0n) is 9.73. The maximum atomic E-state index is 6.17. The van der Waals surface area contributed by atoms with Gasteiger partial charge in [-0.1, -0.05) is 0 Å². The highest BCUT2D eigenvalue weighted by atomic mass is 32.2. The highest BCUT2D eigenvalue weighted by molar-refractivity contribution is 7.99. The van der Waals surface area contributed by atoms with E-state index < -0.39 is 0 Å². The summed E-state index contributed by atoms with van der Waals surface area (Å²) in [6.45, 7) is 4.99. The van der Waals surface area contributed by atoms with Crippen molar-refractivity contribution in [1.29, 1.82) is 0 Å². The van der Waals surface area contributed by atoms with E-state index in [2.05, 4.69) is 11.9 Å². The number of rotatable bonds is 3. The summed E-state index contributed by atoms with van der Waals surface area (Å²) in [7, 11) is 0. The van der Waals surface area contributed by atoms with Gasteiger partial charge in [0.2, 0.25) is 0 Å². The van der Waals surface area contributed by atoms with Crippen LogP contribution in [0.5, 0.6) is 0 Å². The van der Waals surface area contributed by atoms with Crippen molar-refractivity contribution in [3.8, 4) is 0 Å². The molecule has 0 radical (unpaired) electrons. The SMILES string of the molecule is Cc1nc(CC(N)C2CSCCO2)sc1C. The molecule has 16 heavy (non-hydrogen) atoms. The van der Waals surface area contributed by atoms with Crippen LogP contribution in [0, 0.1) is 13.8 Å². The minimum atomic E-state index is 0.0812. The first kappa shape index (κ1) is 12.4. The summed E-state index contributed by atoms with van der Waals surface area (Å²) in [4.78, 5) is 5.81. The zero-order chi connectivity index (χ0) is 11.5. The number of thioether (sulfide) groups is 1. The van der Waals surface area contributed by atoms with Crippen molar-refractivity contribution in [2.45, 2.75) is 32.4 Å². The van der Waals surface area contributed by atoms with Gasteiger partial charge in [0.05, 0.1) is 23.4 Å². The molecule has 2 heterocycles. The van der Waals surface area contributed by atoms with E-state index in [4.69, 9.17) is 10.5 Å². The average molecular weight is 258 g/mol. The van der Waals surface area contributed by atoms with E-state index in [1.54, 1.807) is 11.3 Å². The molecule has 0 bridgehead atoms. The van der Waals surface area contributed by atoms with Gasteiger partial charge in [-0.2, -0.15) is 11.8 Å². The first-order valence-corrected chi connectivity index (χ1v) is 7.52. The van der Waals surface area contributed by atoms with Crippen LogP contribution in [0.4, 0.5) is 0 Å². The fraction of sp³-hybridized carbons (Fsp3) is 0.727. The summed E-state index contributed by atoms with van der Waals surface area (Å²) >= 11 is 3.68. The third kappa shape index (κ3) is 2.97. The Morgan fingerprint density at radius 1 is 1.56 bits per heavy atom. The molecule has 2 rings (SSSR count). The smallest absolute Gasteiger partial charge is 0.0947 e. The molecule has 0 spiro atoms. The number of ether oxygens (including phenoxy) is 1. The molecule has 1 fully saturated rings. The summed E-state index contributed by atoms with van der Waals surface area (Å²) in [6.07, 6.45) is 1.04. The van der Waals surface area contributed by atoms with Crippen LogP contribution in [0.15, 0.2) is 0 Å². The van der Waals surface area contributed by atoms with Crippen molar-refractivity contribution in [3.05, 3.63) is 15.6 Å². The number of thiazole rings is 1. The highest BCUT2D eigenvalue weighted by Gasteiger charge is 2.23. The van der Waals surface area contributed by atoms with E-state index in [-0.39, 0.29) is 12.1 Å². The molecule has 2 N–H and O–H groups in total. The van der Waals surface area contributed by atoms with E-state index in [9.17, 15) is 0 Å².